The number of sulfonamides is 1. The van der Waals surface area contributed by atoms with E-state index in [-0.39, 0.29) is 18.2 Å². The number of rotatable bonds is 11. The van der Waals surface area contributed by atoms with Gasteiger partial charge >= 0.3 is 0 Å². The molecule has 236 valence electrons. The molecule has 1 aromatic heterocycles. The summed E-state index contributed by atoms with van der Waals surface area (Å²) in [4.78, 5) is 33.4. The van der Waals surface area contributed by atoms with E-state index >= 15 is 0 Å². The smallest absolute Gasteiger partial charge is 0.246 e. The first-order chi connectivity index (χ1) is 21.2. The number of pyridine rings is 1. The van der Waals surface area contributed by atoms with Gasteiger partial charge in [-0.1, -0.05) is 47.5 Å². The number of carbonyl (C=O) groups is 2. The number of hydrogen-bond donors (Lipinski definition) is 2. The maximum absolute atomic E-state index is 13.0. The monoisotopic (exact) mass is 669 g/mol. The average Bonchev–Trinajstić information content (AvgIpc) is 2.98. The van der Waals surface area contributed by atoms with Gasteiger partial charge < -0.3 is 19.9 Å². The minimum Gasteiger partial charge on any atom is -0.487 e. The molecule has 0 fully saturated rings. The van der Waals surface area contributed by atoms with Crippen molar-refractivity contribution in [3.63, 3.8) is 0 Å². The molecule has 0 atom stereocenters. The quantitative estimate of drug-likeness (QED) is 0.198. The van der Waals surface area contributed by atoms with Crippen LogP contribution in [0.4, 0.5) is 17.1 Å². The molecule has 0 spiro atoms. The number of likely N-dealkylation sites (N-methyl/N-ethyl adjacent to an activating group) is 1. The van der Waals surface area contributed by atoms with Crippen LogP contribution < -0.4 is 24.6 Å². The average molecular weight is 671 g/mol. The van der Waals surface area contributed by atoms with Crippen LogP contribution >= 0.6 is 23.2 Å². The molecule has 0 saturated heterocycles. The SMILES string of the molecule is Cc1cc(N(C)C)c2cccc(OCc3c(Cl)ccc(N(C)C(=O)CNC(=O)/C=C/c4ccc(NS(C)(=O)=O)cc4)c3Cl)c2n1. The molecule has 0 unspecified atom stereocenters. The number of benzene rings is 3. The zero-order chi connectivity index (χ0) is 32.9. The second-order valence-electron chi connectivity index (χ2n) is 10.5. The molecule has 0 aliphatic carbocycles. The third-order valence-electron chi connectivity index (χ3n) is 6.72. The van der Waals surface area contributed by atoms with Gasteiger partial charge in [0.25, 0.3) is 0 Å². The zero-order valence-electron chi connectivity index (χ0n) is 25.4. The summed E-state index contributed by atoms with van der Waals surface area (Å²) in [6, 6.07) is 17.4. The number of aryl methyl sites for hydroxylation is 1. The number of aromatic nitrogens is 1. The number of carbonyl (C=O) groups excluding carboxylic acids is 2. The van der Waals surface area contributed by atoms with Crippen LogP contribution in [0.5, 0.6) is 5.75 Å². The Balaban J connectivity index is 1.41. The number of nitrogens with one attached hydrogen (secondary N) is 2. The number of ether oxygens (including phenoxy) is 1. The molecular formula is C32H33Cl2N5O5S. The Morgan fingerprint density at radius 2 is 1.71 bits per heavy atom. The van der Waals surface area contributed by atoms with Crippen molar-refractivity contribution in [1.82, 2.24) is 10.3 Å². The van der Waals surface area contributed by atoms with Crippen LogP contribution in [0, 0.1) is 6.92 Å². The lowest BCUT2D eigenvalue weighted by molar-refractivity contribution is -0.122. The summed E-state index contributed by atoms with van der Waals surface area (Å²) in [7, 11) is 2.10. The fourth-order valence-electron chi connectivity index (χ4n) is 4.46. The highest BCUT2D eigenvalue weighted by Crippen LogP contribution is 2.36. The Hall–Kier alpha value is -4.32. The van der Waals surface area contributed by atoms with Gasteiger partial charge in [0, 0.05) is 60.3 Å². The normalized spacial score (nSPS) is 11.4. The topological polar surface area (TPSA) is 121 Å². The summed E-state index contributed by atoms with van der Waals surface area (Å²) < 4.78 is 31.2. The Labute approximate surface area is 272 Å². The van der Waals surface area contributed by atoms with Crippen molar-refractivity contribution in [1.29, 1.82) is 0 Å². The van der Waals surface area contributed by atoms with Crippen molar-refractivity contribution >= 4 is 79.1 Å². The van der Waals surface area contributed by atoms with Gasteiger partial charge in [-0.15, -0.1) is 0 Å². The number of nitrogens with zero attached hydrogens (tertiary/aromatic N) is 3. The molecule has 3 aromatic carbocycles. The van der Waals surface area contributed by atoms with Crippen LogP contribution in [0.3, 0.4) is 0 Å². The van der Waals surface area contributed by atoms with Crippen LogP contribution in [-0.2, 0) is 26.2 Å². The van der Waals surface area contributed by atoms with Gasteiger partial charge in [0.15, 0.2) is 0 Å². The number of hydrogen-bond acceptors (Lipinski definition) is 7. The van der Waals surface area contributed by atoms with Gasteiger partial charge in [0.2, 0.25) is 21.8 Å². The van der Waals surface area contributed by atoms with Crippen LogP contribution in [-0.4, -0.2) is 59.2 Å². The largest absolute Gasteiger partial charge is 0.487 e. The number of para-hydroxylation sites is 1. The molecule has 0 bridgehead atoms. The minimum absolute atomic E-state index is 0.0341. The molecular weight excluding hydrogens is 637 g/mol. The van der Waals surface area contributed by atoms with Crippen LogP contribution in [0.2, 0.25) is 10.0 Å². The molecule has 0 saturated carbocycles. The number of anilines is 3. The molecule has 4 rings (SSSR count). The van der Waals surface area contributed by atoms with Gasteiger partial charge in [-0.3, -0.25) is 14.3 Å². The number of halogens is 2. The molecule has 2 N–H and O–H groups in total. The summed E-state index contributed by atoms with van der Waals surface area (Å²) in [5, 5.41) is 4.12. The fourth-order valence-corrected chi connectivity index (χ4v) is 5.64. The second-order valence-corrected chi connectivity index (χ2v) is 13.0. The summed E-state index contributed by atoms with van der Waals surface area (Å²) in [5.41, 5.74) is 4.55. The van der Waals surface area contributed by atoms with Crippen LogP contribution in [0.25, 0.3) is 17.0 Å². The van der Waals surface area contributed by atoms with E-state index < -0.39 is 21.8 Å². The van der Waals surface area contributed by atoms with E-state index in [1.54, 1.807) is 49.5 Å². The third-order valence-corrected chi connectivity index (χ3v) is 8.10. The van der Waals surface area contributed by atoms with Crippen molar-refractivity contribution in [2.45, 2.75) is 13.5 Å². The van der Waals surface area contributed by atoms with Crippen molar-refractivity contribution in [2.75, 3.05) is 48.5 Å². The van der Waals surface area contributed by atoms with E-state index in [4.69, 9.17) is 32.9 Å². The first-order valence-electron chi connectivity index (χ1n) is 13.7. The van der Waals surface area contributed by atoms with E-state index in [1.165, 1.54) is 11.0 Å². The predicted octanol–water partition coefficient (Wildman–Crippen LogP) is 5.66. The van der Waals surface area contributed by atoms with Crippen LogP contribution in [0.15, 0.2) is 66.7 Å². The molecule has 13 heteroatoms. The van der Waals surface area contributed by atoms with Crippen molar-refractivity contribution in [3.05, 3.63) is 93.6 Å². The Kier molecular flexibility index (Phi) is 10.6. The standard InChI is InChI=1S/C32H33Cl2N5O5S/c1-20-17-27(38(2)3)23-7-6-8-28(32(23)36-20)44-19-24-25(33)14-15-26(31(24)34)39(4)30(41)18-35-29(40)16-11-21-9-12-22(13-10-21)37-45(5,42)43/h6-17,37H,18-19H2,1-5H3,(H,35,40)/b16-11+. The summed E-state index contributed by atoms with van der Waals surface area (Å²) in [6.07, 6.45) is 3.89. The van der Waals surface area contributed by atoms with Crippen molar-refractivity contribution in [3.8, 4) is 5.75 Å². The summed E-state index contributed by atoms with van der Waals surface area (Å²) >= 11 is 13.2. The van der Waals surface area contributed by atoms with Crippen LogP contribution in [0.1, 0.15) is 16.8 Å². The van der Waals surface area contributed by atoms with Gasteiger partial charge in [0.1, 0.15) is 17.9 Å². The van der Waals surface area contributed by atoms with E-state index in [0.717, 1.165) is 23.0 Å². The number of amides is 2. The highest BCUT2D eigenvalue weighted by molar-refractivity contribution is 7.92. The fraction of sp³-hybridized carbons (Fsp3) is 0.219. The van der Waals surface area contributed by atoms with Gasteiger partial charge in [-0.2, -0.15) is 0 Å². The number of fused-ring (bicyclic) bond motifs is 1. The zero-order valence-corrected chi connectivity index (χ0v) is 27.7. The molecule has 45 heavy (non-hydrogen) atoms. The van der Waals surface area contributed by atoms with Crippen molar-refractivity contribution in [2.24, 2.45) is 0 Å². The maximum atomic E-state index is 13.0. The second kappa shape index (κ2) is 14.2. The van der Waals surface area contributed by atoms with Gasteiger partial charge in [0.05, 0.1) is 23.5 Å². The van der Waals surface area contributed by atoms with Gasteiger partial charge in [-0.05, 0) is 55.0 Å². The molecule has 0 aliphatic rings. The first-order valence-corrected chi connectivity index (χ1v) is 16.4. The molecule has 0 aliphatic heterocycles. The van der Waals surface area contributed by atoms with E-state index in [2.05, 4.69) is 10.0 Å². The summed E-state index contributed by atoms with van der Waals surface area (Å²) in [5.74, 6) is -0.324. The predicted molar refractivity (Wildman–Crippen MR) is 182 cm³/mol. The maximum Gasteiger partial charge on any atom is 0.246 e. The Bertz CT molecular complexity index is 1880. The molecule has 2 amide bonds. The Morgan fingerprint density at radius 3 is 2.38 bits per heavy atom. The van der Waals surface area contributed by atoms with E-state index in [0.29, 0.717) is 38.8 Å². The molecule has 10 nitrogen and oxygen atoms in total. The lowest BCUT2D eigenvalue weighted by Crippen LogP contribution is -2.37. The van der Waals surface area contributed by atoms with E-state index in [1.807, 2.05) is 50.2 Å². The third kappa shape index (κ3) is 8.65. The highest BCUT2D eigenvalue weighted by Gasteiger charge is 2.20. The van der Waals surface area contributed by atoms with Crippen molar-refractivity contribution < 1.29 is 22.7 Å². The lowest BCUT2D eigenvalue weighted by atomic mass is 10.1. The molecule has 1 heterocycles. The summed E-state index contributed by atoms with van der Waals surface area (Å²) in [6.45, 7) is 1.68. The Morgan fingerprint density at radius 1 is 1.00 bits per heavy atom. The first kappa shape index (κ1) is 33.6. The molecule has 4 aromatic rings. The van der Waals surface area contributed by atoms with Gasteiger partial charge in [-0.25, -0.2) is 13.4 Å². The van der Waals surface area contributed by atoms with E-state index in [9.17, 15) is 18.0 Å². The molecule has 0 radical (unpaired) electrons. The lowest BCUT2D eigenvalue weighted by Gasteiger charge is -2.21. The highest BCUT2D eigenvalue weighted by atomic mass is 35.5. The minimum atomic E-state index is -3.39.